The third-order valence-electron chi connectivity index (χ3n) is 5.33. The Morgan fingerprint density at radius 3 is 2.23 bits per heavy atom. The van der Waals surface area contributed by atoms with E-state index in [1.165, 1.54) is 22.3 Å². The number of aliphatic carboxylic acids is 1. The van der Waals surface area contributed by atoms with Crippen LogP contribution in [0, 0.1) is 0 Å². The molecule has 0 fully saturated rings. The summed E-state index contributed by atoms with van der Waals surface area (Å²) in [5.41, 5.74) is 4.70. The second-order valence-electron chi connectivity index (χ2n) is 7.78. The number of amides is 2. The predicted octanol–water partition coefficient (Wildman–Crippen LogP) is 3.67. The van der Waals surface area contributed by atoms with Crippen LogP contribution in [0.2, 0.25) is 0 Å². The molecule has 1 aliphatic carbocycles. The van der Waals surface area contributed by atoms with Gasteiger partial charge < -0.3 is 20.5 Å². The highest BCUT2D eigenvalue weighted by atomic mass is 16.5. The normalized spacial score (nSPS) is 13.1. The Kier molecular flexibility index (Phi) is 7.65. The van der Waals surface area contributed by atoms with Gasteiger partial charge in [-0.05, 0) is 42.0 Å². The van der Waals surface area contributed by atoms with Gasteiger partial charge in [-0.2, -0.15) is 0 Å². The zero-order valence-corrected chi connectivity index (χ0v) is 17.6. The highest BCUT2D eigenvalue weighted by molar-refractivity contribution is 5.79. The fourth-order valence-corrected chi connectivity index (χ4v) is 3.91. The van der Waals surface area contributed by atoms with Crippen LogP contribution in [0.15, 0.2) is 48.5 Å². The number of nitrogens with one attached hydrogen (secondary N) is 2. The number of unbranched alkanes of at least 4 members (excludes halogenated alkanes) is 1. The number of carboxylic acids is 1. The molecule has 2 aromatic carbocycles. The van der Waals surface area contributed by atoms with Gasteiger partial charge in [0.05, 0.1) is 6.42 Å². The highest BCUT2D eigenvalue weighted by Crippen LogP contribution is 2.44. The Bertz CT molecular complexity index is 898. The second kappa shape index (κ2) is 10.6. The molecular weight excluding hydrogens is 396 g/mol. The van der Waals surface area contributed by atoms with Gasteiger partial charge in [0.25, 0.3) is 0 Å². The van der Waals surface area contributed by atoms with Crippen LogP contribution in [0.25, 0.3) is 11.1 Å². The van der Waals surface area contributed by atoms with E-state index < -0.39 is 18.1 Å². The summed E-state index contributed by atoms with van der Waals surface area (Å²) in [5.74, 6) is -1.11. The van der Waals surface area contributed by atoms with E-state index in [1.54, 1.807) is 6.92 Å². The summed E-state index contributed by atoms with van der Waals surface area (Å²) in [4.78, 5) is 34.5. The summed E-state index contributed by atoms with van der Waals surface area (Å²) in [6, 6.07) is 15.9. The van der Waals surface area contributed by atoms with Crippen molar-refractivity contribution < 1.29 is 24.2 Å². The van der Waals surface area contributed by atoms with E-state index in [1.807, 2.05) is 24.3 Å². The fourth-order valence-electron chi connectivity index (χ4n) is 3.91. The minimum Gasteiger partial charge on any atom is -0.481 e. The van der Waals surface area contributed by atoms with E-state index in [2.05, 4.69) is 34.9 Å². The molecule has 7 heteroatoms. The molecule has 0 aliphatic heterocycles. The summed E-state index contributed by atoms with van der Waals surface area (Å²) in [7, 11) is 0. The lowest BCUT2D eigenvalue weighted by Gasteiger charge is -2.14. The van der Waals surface area contributed by atoms with E-state index in [0.29, 0.717) is 19.4 Å². The van der Waals surface area contributed by atoms with Gasteiger partial charge in [0.2, 0.25) is 5.91 Å². The number of carbonyl (C=O) groups is 3. The molecule has 7 nitrogen and oxygen atoms in total. The summed E-state index contributed by atoms with van der Waals surface area (Å²) >= 11 is 0. The molecule has 0 saturated carbocycles. The van der Waals surface area contributed by atoms with Gasteiger partial charge >= 0.3 is 12.1 Å². The van der Waals surface area contributed by atoms with E-state index in [9.17, 15) is 14.4 Å². The molecule has 31 heavy (non-hydrogen) atoms. The Morgan fingerprint density at radius 1 is 1.00 bits per heavy atom. The van der Waals surface area contributed by atoms with Crippen molar-refractivity contribution in [1.82, 2.24) is 10.6 Å². The molecule has 0 saturated heterocycles. The average Bonchev–Trinajstić information content (AvgIpc) is 3.05. The minimum atomic E-state index is -0.944. The topological polar surface area (TPSA) is 105 Å². The number of alkyl carbamates (subject to hydrolysis) is 1. The molecule has 2 amide bonds. The second-order valence-corrected chi connectivity index (χ2v) is 7.78. The van der Waals surface area contributed by atoms with Crippen molar-refractivity contribution in [2.24, 2.45) is 0 Å². The number of fused-ring (bicyclic) bond motifs is 3. The number of benzene rings is 2. The van der Waals surface area contributed by atoms with Crippen molar-refractivity contribution in [3.8, 4) is 11.1 Å². The zero-order valence-electron chi connectivity index (χ0n) is 17.6. The Balaban J connectivity index is 1.37. The Morgan fingerprint density at radius 2 is 1.61 bits per heavy atom. The summed E-state index contributed by atoms with van der Waals surface area (Å²) < 4.78 is 5.47. The van der Waals surface area contributed by atoms with Crippen molar-refractivity contribution in [3.05, 3.63) is 59.7 Å². The molecule has 3 N–H and O–H groups in total. The predicted molar refractivity (Wildman–Crippen MR) is 117 cm³/mol. The third kappa shape index (κ3) is 6.07. The highest BCUT2D eigenvalue weighted by Gasteiger charge is 2.28. The van der Waals surface area contributed by atoms with Crippen LogP contribution in [0.1, 0.15) is 49.7 Å². The van der Waals surface area contributed by atoms with Crippen LogP contribution in [0.4, 0.5) is 4.79 Å². The summed E-state index contributed by atoms with van der Waals surface area (Å²) in [5, 5.41) is 14.1. The molecule has 1 aliphatic rings. The standard InChI is InChI=1S/C24H28N2O5/c1-16(14-23(28)29)26-22(27)12-6-7-13-25-24(30)31-15-21-19-10-4-2-8-17(19)18-9-3-5-11-20(18)21/h2-5,8-11,16,21H,6-7,12-15H2,1H3,(H,25,30)(H,26,27)(H,28,29)/t16-/m1/s1. The minimum absolute atomic E-state index is 0.0228. The first kappa shape index (κ1) is 22.3. The van der Waals surface area contributed by atoms with E-state index >= 15 is 0 Å². The third-order valence-corrected chi connectivity index (χ3v) is 5.33. The first-order valence-electron chi connectivity index (χ1n) is 10.6. The molecule has 3 rings (SSSR count). The molecule has 0 radical (unpaired) electrons. The summed E-state index contributed by atoms with van der Waals surface area (Å²) in [6.07, 6.45) is 0.937. The van der Waals surface area contributed by atoms with E-state index in [0.717, 1.165) is 0 Å². The van der Waals surface area contributed by atoms with E-state index in [4.69, 9.17) is 9.84 Å². The first-order chi connectivity index (χ1) is 15.0. The maximum atomic E-state index is 12.1. The van der Waals surface area contributed by atoms with Crippen molar-refractivity contribution in [2.45, 2.75) is 44.6 Å². The van der Waals surface area contributed by atoms with Gasteiger partial charge in [0.15, 0.2) is 0 Å². The molecule has 0 heterocycles. The molecule has 0 aromatic heterocycles. The van der Waals surface area contributed by atoms with Gasteiger partial charge in [-0.3, -0.25) is 9.59 Å². The van der Waals surface area contributed by atoms with Gasteiger partial charge in [-0.15, -0.1) is 0 Å². The molecule has 0 bridgehead atoms. The number of hydrogen-bond acceptors (Lipinski definition) is 4. The molecule has 0 spiro atoms. The van der Waals surface area contributed by atoms with Gasteiger partial charge in [0.1, 0.15) is 6.61 Å². The van der Waals surface area contributed by atoms with Crippen molar-refractivity contribution in [3.63, 3.8) is 0 Å². The lowest BCUT2D eigenvalue weighted by molar-refractivity contribution is -0.137. The van der Waals surface area contributed by atoms with Crippen LogP contribution in [-0.2, 0) is 14.3 Å². The number of carboxylic acid groups (broad SMARTS) is 1. The lowest BCUT2D eigenvalue weighted by atomic mass is 9.98. The number of carbonyl (C=O) groups excluding carboxylic acids is 2. The van der Waals surface area contributed by atoms with Crippen molar-refractivity contribution >= 4 is 18.0 Å². The smallest absolute Gasteiger partial charge is 0.407 e. The quantitative estimate of drug-likeness (QED) is 0.505. The van der Waals surface area contributed by atoms with Crippen LogP contribution < -0.4 is 10.6 Å². The molecular formula is C24H28N2O5. The average molecular weight is 424 g/mol. The number of hydrogen-bond donors (Lipinski definition) is 3. The largest absolute Gasteiger partial charge is 0.481 e. The van der Waals surface area contributed by atoms with Gasteiger partial charge in [-0.25, -0.2) is 4.79 Å². The fraction of sp³-hybridized carbons (Fsp3) is 0.375. The van der Waals surface area contributed by atoms with Gasteiger partial charge in [-0.1, -0.05) is 48.5 Å². The van der Waals surface area contributed by atoms with Gasteiger partial charge in [0, 0.05) is 24.9 Å². The van der Waals surface area contributed by atoms with Crippen LogP contribution >= 0.6 is 0 Å². The van der Waals surface area contributed by atoms with Crippen molar-refractivity contribution in [1.29, 1.82) is 0 Å². The first-order valence-corrected chi connectivity index (χ1v) is 10.6. The zero-order chi connectivity index (χ0) is 22.2. The lowest BCUT2D eigenvalue weighted by Crippen LogP contribution is -2.34. The Hall–Kier alpha value is -3.35. The van der Waals surface area contributed by atoms with E-state index in [-0.39, 0.29) is 31.3 Å². The van der Waals surface area contributed by atoms with Crippen LogP contribution in [0.3, 0.4) is 0 Å². The number of rotatable bonds is 10. The maximum absolute atomic E-state index is 12.1. The molecule has 164 valence electrons. The maximum Gasteiger partial charge on any atom is 0.407 e. The number of ether oxygens (including phenoxy) is 1. The molecule has 0 unspecified atom stereocenters. The Labute approximate surface area is 181 Å². The summed E-state index contributed by atoms with van der Waals surface area (Å²) in [6.45, 7) is 2.34. The van der Waals surface area contributed by atoms with Crippen LogP contribution in [-0.4, -0.2) is 42.3 Å². The molecule has 1 atom stereocenters. The SMILES string of the molecule is C[C@H](CC(=O)O)NC(=O)CCCCNC(=O)OCC1c2ccccc2-c2ccccc21. The monoisotopic (exact) mass is 424 g/mol. The van der Waals surface area contributed by atoms with Crippen molar-refractivity contribution in [2.75, 3.05) is 13.2 Å². The van der Waals surface area contributed by atoms with Crippen LogP contribution in [0.5, 0.6) is 0 Å². The molecule has 2 aromatic rings.